The maximum Gasteiger partial charge on any atom is 0.410 e. The van der Waals surface area contributed by atoms with Crippen LogP contribution >= 0.6 is 0 Å². The van der Waals surface area contributed by atoms with Crippen LogP contribution in [0.4, 0.5) is 14.0 Å². The number of fused-ring (bicyclic) bond motifs is 3. The fourth-order valence-corrected chi connectivity index (χ4v) is 7.22. The van der Waals surface area contributed by atoms with Gasteiger partial charge in [0.05, 0.1) is 13.1 Å². The minimum Gasteiger partial charge on any atom is -0.444 e. The molecule has 14 heteroatoms. The smallest absolute Gasteiger partial charge is 0.410 e. The summed E-state index contributed by atoms with van der Waals surface area (Å²) >= 11 is 0. The number of ether oxygens (including phenoxy) is 2. The Kier molecular flexibility index (Phi) is 11.0. The molecule has 1 saturated heterocycles. The lowest BCUT2D eigenvalue weighted by molar-refractivity contribution is -0.142. The number of carbonyl (C=O) groups excluding carboxylic acids is 5. The number of hydroxylamine groups is 1. The van der Waals surface area contributed by atoms with E-state index in [0.717, 1.165) is 24.8 Å². The van der Waals surface area contributed by atoms with Gasteiger partial charge in [0.15, 0.2) is 5.75 Å². The molecule has 284 valence electrons. The van der Waals surface area contributed by atoms with Crippen LogP contribution in [0.1, 0.15) is 82.4 Å². The molecule has 53 heavy (non-hydrogen) atoms. The van der Waals surface area contributed by atoms with Crippen molar-refractivity contribution in [1.82, 2.24) is 25.9 Å². The number of rotatable bonds is 5. The van der Waals surface area contributed by atoms with Crippen molar-refractivity contribution in [3.63, 3.8) is 0 Å². The van der Waals surface area contributed by atoms with E-state index >= 15 is 0 Å². The Morgan fingerprint density at radius 2 is 1.83 bits per heavy atom. The molecular formula is C39H48FN5O8. The van der Waals surface area contributed by atoms with Gasteiger partial charge in [-0.15, -0.1) is 0 Å². The van der Waals surface area contributed by atoms with Crippen molar-refractivity contribution in [1.29, 1.82) is 0 Å². The first kappa shape index (κ1) is 37.6. The van der Waals surface area contributed by atoms with E-state index in [0.29, 0.717) is 36.1 Å². The molecule has 3 heterocycles. The second-order valence-electron chi connectivity index (χ2n) is 15.4. The molecule has 0 unspecified atom stereocenters. The van der Waals surface area contributed by atoms with E-state index in [-0.39, 0.29) is 32.0 Å². The highest BCUT2D eigenvalue weighted by Gasteiger charge is 2.61. The zero-order chi connectivity index (χ0) is 37.9. The molecule has 0 bridgehead atoms. The summed E-state index contributed by atoms with van der Waals surface area (Å²) < 4.78 is 25.8. The van der Waals surface area contributed by atoms with Crippen LogP contribution in [0, 0.1) is 18.7 Å². The van der Waals surface area contributed by atoms with E-state index in [1.54, 1.807) is 51.1 Å². The van der Waals surface area contributed by atoms with Gasteiger partial charge in [-0.25, -0.2) is 14.0 Å². The fourth-order valence-electron chi connectivity index (χ4n) is 7.22. The average molecular weight is 734 g/mol. The van der Waals surface area contributed by atoms with Crippen molar-refractivity contribution in [3.8, 4) is 5.75 Å². The molecule has 2 aromatic carbocycles. The Balaban J connectivity index is 1.24. The van der Waals surface area contributed by atoms with Crippen LogP contribution in [0.25, 0.3) is 0 Å². The number of aryl methyl sites for hydroxylation is 1. The number of hydrogen-bond donors (Lipinski definition) is 3. The van der Waals surface area contributed by atoms with E-state index in [2.05, 4.69) is 16.1 Å². The van der Waals surface area contributed by atoms with Crippen molar-refractivity contribution in [2.75, 3.05) is 6.54 Å². The van der Waals surface area contributed by atoms with Crippen molar-refractivity contribution in [2.45, 2.75) is 115 Å². The molecule has 0 aromatic heterocycles. The molecule has 1 aliphatic carbocycles. The number of alkyl carbamates (subject to hydrolysis) is 1. The monoisotopic (exact) mass is 733 g/mol. The summed E-state index contributed by atoms with van der Waals surface area (Å²) in [7, 11) is 0. The van der Waals surface area contributed by atoms with E-state index < -0.39 is 65.1 Å². The molecular weight excluding hydrogens is 685 g/mol. The minimum absolute atomic E-state index is 0.0269. The van der Waals surface area contributed by atoms with Gasteiger partial charge in [-0.1, -0.05) is 49.3 Å². The summed E-state index contributed by atoms with van der Waals surface area (Å²) in [6, 6.07) is 9.65. The predicted octanol–water partition coefficient (Wildman–Crippen LogP) is 4.95. The lowest BCUT2D eigenvalue weighted by Gasteiger charge is -2.30. The Morgan fingerprint density at radius 3 is 2.58 bits per heavy atom. The van der Waals surface area contributed by atoms with Crippen LogP contribution < -0.4 is 21.0 Å². The highest BCUT2D eigenvalue weighted by Crippen LogP contribution is 2.45. The van der Waals surface area contributed by atoms with Crippen LogP contribution in [-0.2, 0) is 36.9 Å². The maximum absolute atomic E-state index is 14.4. The van der Waals surface area contributed by atoms with Gasteiger partial charge in [-0.3, -0.25) is 19.3 Å². The predicted molar refractivity (Wildman–Crippen MR) is 190 cm³/mol. The highest BCUT2D eigenvalue weighted by molar-refractivity contribution is 5.98. The van der Waals surface area contributed by atoms with Gasteiger partial charge >= 0.3 is 12.2 Å². The minimum atomic E-state index is -1.35. The third-order valence-corrected chi connectivity index (χ3v) is 10.0. The SMILES string of the molecule is Cc1cccc(ONC(=O)[C@@]23C[C@@H]2/C=C\CCCCC[C@H](NC(=O)OC(C)(C)C)C(=O)N2C[C@H](OC(=O)N4Cc5cccc(F)c5C4)C[C@H]2C(=O)N3)c1. The van der Waals surface area contributed by atoms with E-state index in [4.69, 9.17) is 14.3 Å². The third kappa shape index (κ3) is 8.91. The number of amides is 5. The zero-order valence-electron chi connectivity index (χ0n) is 30.6. The third-order valence-electron chi connectivity index (χ3n) is 10.0. The van der Waals surface area contributed by atoms with Crippen molar-refractivity contribution >= 4 is 29.9 Å². The van der Waals surface area contributed by atoms with Gasteiger partial charge in [-0.2, -0.15) is 5.48 Å². The summed E-state index contributed by atoms with van der Waals surface area (Å²) in [6.45, 7) is 7.09. The van der Waals surface area contributed by atoms with Crippen LogP contribution in [0.5, 0.6) is 5.75 Å². The lowest BCUT2D eigenvalue weighted by atomic mass is 10.0. The number of nitrogens with zero attached hydrogens (tertiary/aromatic N) is 2. The summed E-state index contributed by atoms with van der Waals surface area (Å²) in [6.07, 6.45) is 5.01. The van der Waals surface area contributed by atoms with Gasteiger partial charge in [0.1, 0.15) is 35.1 Å². The number of carbonyl (C=O) groups is 5. The van der Waals surface area contributed by atoms with E-state index in [9.17, 15) is 28.4 Å². The largest absolute Gasteiger partial charge is 0.444 e. The Bertz CT molecular complexity index is 1780. The normalized spacial score (nSPS) is 26.4. The molecule has 1 saturated carbocycles. The average Bonchev–Trinajstić information content (AvgIpc) is 3.39. The first-order chi connectivity index (χ1) is 25.2. The molecule has 4 aliphatic rings. The molecule has 3 aliphatic heterocycles. The fraction of sp³-hybridized carbons (Fsp3) is 0.513. The molecule has 6 rings (SSSR count). The Hall–Kier alpha value is -5.14. The van der Waals surface area contributed by atoms with Crippen LogP contribution in [-0.4, -0.2) is 75.6 Å². The zero-order valence-corrected chi connectivity index (χ0v) is 30.6. The molecule has 2 aromatic rings. The van der Waals surface area contributed by atoms with Gasteiger partial charge in [-0.05, 0) is 82.7 Å². The number of benzene rings is 2. The van der Waals surface area contributed by atoms with Crippen molar-refractivity contribution in [3.05, 3.63) is 77.1 Å². The standard InChI is InChI=1S/C39H48FN5O8/c1-24-12-10-15-27(18-24)53-43-35(48)39-20-26(39)14-8-6-5-7-9-17-31(41-36(49)52-38(2,3)4)34(47)45-22-28(19-32(45)33(46)42-39)51-37(50)44-21-25-13-11-16-30(40)29(25)23-44/h8,10-16,18,26,28,31-32H,5-7,9,17,19-23H2,1-4H3,(H,41,49)(H,42,46)(H,43,48)/b14-8-/t26-,28+,31-,32-,39+/m0/s1. The van der Waals surface area contributed by atoms with Crippen molar-refractivity contribution < 1.29 is 42.7 Å². The first-order valence-electron chi connectivity index (χ1n) is 18.3. The molecule has 5 amide bonds. The quantitative estimate of drug-likeness (QED) is 0.288. The van der Waals surface area contributed by atoms with E-state index in [1.165, 1.54) is 15.9 Å². The second-order valence-corrected chi connectivity index (χ2v) is 15.4. The molecule has 0 radical (unpaired) electrons. The Labute approximate surface area is 308 Å². The van der Waals surface area contributed by atoms with Crippen LogP contribution in [0.3, 0.4) is 0 Å². The molecule has 3 N–H and O–H groups in total. The van der Waals surface area contributed by atoms with Gasteiger partial charge in [0.2, 0.25) is 11.8 Å². The summed E-state index contributed by atoms with van der Waals surface area (Å²) in [4.78, 5) is 77.0. The number of nitrogens with one attached hydrogen (secondary N) is 3. The van der Waals surface area contributed by atoms with Crippen LogP contribution in [0.2, 0.25) is 0 Å². The van der Waals surface area contributed by atoms with Gasteiger partial charge in [0, 0.05) is 24.4 Å². The topological polar surface area (TPSA) is 156 Å². The number of allylic oxidation sites excluding steroid dienone is 1. The summed E-state index contributed by atoms with van der Waals surface area (Å²) in [5, 5.41) is 5.64. The molecule has 2 fully saturated rings. The first-order valence-corrected chi connectivity index (χ1v) is 18.3. The molecule has 13 nitrogen and oxygen atoms in total. The van der Waals surface area contributed by atoms with E-state index in [1.807, 2.05) is 25.1 Å². The number of hydrogen-bond acceptors (Lipinski definition) is 8. The maximum atomic E-state index is 14.4. The van der Waals surface area contributed by atoms with Gasteiger partial charge in [0.25, 0.3) is 5.91 Å². The summed E-state index contributed by atoms with van der Waals surface area (Å²) in [5.74, 6) is -2.00. The highest BCUT2D eigenvalue weighted by atomic mass is 19.1. The van der Waals surface area contributed by atoms with Crippen LogP contribution in [0.15, 0.2) is 54.6 Å². The van der Waals surface area contributed by atoms with Crippen molar-refractivity contribution in [2.24, 2.45) is 5.92 Å². The van der Waals surface area contributed by atoms with Gasteiger partial charge < -0.3 is 29.8 Å². The molecule has 5 atom stereocenters. The molecule has 0 spiro atoms. The lowest BCUT2D eigenvalue weighted by Crippen LogP contribution is -2.58. The number of halogens is 1. The Morgan fingerprint density at radius 1 is 1.04 bits per heavy atom. The summed E-state index contributed by atoms with van der Waals surface area (Å²) in [5.41, 5.74) is 2.37. The second kappa shape index (κ2) is 15.5.